The lowest BCUT2D eigenvalue weighted by molar-refractivity contribution is -0.131. The predicted molar refractivity (Wildman–Crippen MR) is 76.1 cm³/mol. The lowest BCUT2D eigenvalue weighted by Crippen LogP contribution is -2.51. The molecule has 0 aromatic rings. The van der Waals surface area contributed by atoms with E-state index in [-0.39, 0.29) is 12.0 Å². The smallest absolute Gasteiger partial charge is 0.245 e. The zero-order chi connectivity index (χ0) is 14.6. The number of rotatable bonds is 7. The Morgan fingerprint density at radius 1 is 1.35 bits per heavy atom. The van der Waals surface area contributed by atoms with Gasteiger partial charge in [0.25, 0.3) is 0 Å². The monoisotopic (exact) mass is 282 g/mol. The second-order valence-corrected chi connectivity index (χ2v) is 6.37. The fraction of sp³-hybridized carbons (Fsp3) is 0.867. The second kappa shape index (κ2) is 6.57. The zero-order valence-electron chi connectivity index (χ0n) is 12.5. The SMILES string of the molecule is CNC(=O)C(NC=O)C(C)OCC12CCC(CC1)CC2. The molecule has 5 heteroatoms. The number of hydrogen-bond acceptors (Lipinski definition) is 3. The van der Waals surface area contributed by atoms with Gasteiger partial charge in [0.2, 0.25) is 12.3 Å². The van der Waals surface area contributed by atoms with Crippen LogP contribution in [0.3, 0.4) is 0 Å². The molecular weight excluding hydrogens is 256 g/mol. The highest BCUT2D eigenvalue weighted by molar-refractivity contribution is 5.83. The third kappa shape index (κ3) is 3.32. The summed E-state index contributed by atoms with van der Waals surface area (Å²) in [6, 6.07) is -0.617. The Bertz CT molecular complexity index is 337. The van der Waals surface area contributed by atoms with Crippen LogP contribution in [0, 0.1) is 11.3 Å². The van der Waals surface area contributed by atoms with Gasteiger partial charge in [-0.15, -0.1) is 0 Å². The molecule has 3 rings (SSSR count). The molecule has 0 radical (unpaired) electrons. The minimum absolute atomic E-state index is 0.213. The van der Waals surface area contributed by atoms with E-state index in [0.717, 1.165) is 5.92 Å². The Morgan fingerprint density at radius 3 is 2.45 bits per heavy atom. The first-order valence-electron chi connectivity index (χ1n) is 7.63. The van der Waals surface area contributed by atoms with Gasteiger partial charge < -0.3 is 15.4 Å². The molecule has 2 amide bonds. The highest BCUT2D eigenvalue weighted by Crippen LogP contribution is 2.50. The van der Waals surface area contributed by atoms with Gasteiger partial charge in [0.1, 0.15) is 6.04 Å². The minimum atomic E-state index is -0.617. The van der Waals surface area contributed by atoms with E-state index in [1.807, 2.05) is 6.92 Å². The number of likely N-dealkylation sites (N-methyl/N-ethyl adjacent to an activating group) is 1. The van der Waals surface area contributed by atoms with Gasteiger partial charge in [-0.25, -0.2) is 0 Å². The number of fused-ring (bicyclic) bond motifs is 3. The van der Waals surface area contributed by atoms with E-state index in [1.54, 1.807) is 7.05 Å². The number of carbonyl (C=O) groups is 2. The van der Waals surface area contributed by atoms with E-state index in [9.17, 15) is 9.59 Å². The van der Waals surface area contributed by atoms with Crippen molar-refractivity contribution in [3.63, 3.8) is 0 Å². The molecule has 0 spiro atoms. The van der Waals surface area contributed by atoms with Crippen LogP contribution in [0.4, 0.5) is 0 Å². The Balaban J connectivity index is 1.87. The lowest BCUT2D eigenvalue weighted by atomic mass is 9.61. The molecule has 3 aliphatic rings. The molecule has 2 bridgehead atoms. The molecule has 2 unspecified atom stereocenters. The van der Waals surface area contributed by atoms with Crippen molar-refractivity contribution in [3.05, 3.63) is 0 Å². The molecule has 0 aromatic heterocycles. The van der Waals surface area contributed by atoms with Crippen LogP contribution in [0.1, 0.15) is 45.4 Å². The quantitative estimate of drug-likeness (QED) is 0.690. The normalized spacial score (nSPS) is 31.4. The summed E-state index contributed by atoms with van der Waals surface area (Å²) in [5.74, 6) is 0.721. The largest absolute Gasteiger partial charge is 0.375 e. The van der Waals surface area contributed by atoms with E-state index < -0.39 is 6.04 Å². The van der Waals surface area contributed by atoms with Crippen LogP contribution >= 0.6 is 0 Å². The molecule has 20 heavy (non-hydrogen) atoms. The molecule has 0 saturated heterocycles. The van der Waals surface area contributed by atoms with Crippen molar-refractivity contribution in [3.8, 4) is 0 Å². The fourth-order valence-electron chi connectivity index (χ4n) is 3.61. The molecule has 3 fully saturated rings. The average molecular weight is 282 g/mol. The maximum atomic E-state index is 11.7. The van der Waals surface area contributed by atoms with Gasteiger partial charge in [-0.3, -0.25) is 9.59 Å². The van der Waals surface area contributed by atoms with E-state index in [2.05, 4.69) is 10.6 Å². The van der Waals surface area contributed by atoms with Gasteiger partial charge in [-0.1, -0.05) is 0 Å². The average Bonchev–Trinajstić information content (AvgIpc) is 2.51. The van der Waals surface area contributed by atoms with Crippen LogP contribution in [-0.4, -0.2) is 38.1 Å². The third-order valence-corrected chi connectivity index (χ3v) is 5.15. The van der Waals surface area contributed by atoms with Gasteiger partial charge in [-0.2, -0.15) is 0 Å². The highest BCUT2D eigenvalue weighted by atomic mass is 16.5. The Kier molecular flexibility index (Phi) is 5.02. The van der Waals surface area contributed by atoms with Crippen LogP contribution in [0.2, 0.25) is 0 Å². The molecular formula is C15H26N2O3. The number of amides is 2. The summed E-state index contributed by atoms with van der Waals surface area (Å²) in [7, 11) is 1.57. The molecule has 5 nitrogen and oxygen atoms in total. The van der Waals surface area contributed by atoms with Crippen molar-refractivity contribution >= 4 is 12.3 Å². The molecule has 3 saturated carbocycles. The van der Waals surface area contributed by atoms with Crippen molar-refractivity contribution in [2.75, 3.05) is 13.7 Å². The minimum Gasteiger partial charge on any atom is -0.375 e. The summed E-state index contributed by atoms with van der Waals surface area (Å²) in [5.41, 5.74) is 0.317. The van der Waals surface area contributed by atoms with Gasteiger partial charge in [0.05, 0.1) is 12.7 Å². The van der Waals surface area contributed by atoms with Crippen molar-refractivity contribution in [1.82, 2.24) is 10.6 Å². The summed E-state index contributed by atoms with van der Waals surface area (Å²) in [5, 5.41) is 5.10. The van der Waals surface area contributed by atoms with Crippen molar-refractivity contribution in [1.29, 1.82) is 0 Å². The van der Waals surface area contributed by atoms with Gasteiger partial charge >= 0.3 is 0 Å². The first-order chi connectivity index (χ1) is 9.60. The summed E-state index contributed by atoms with van der Waals surface area (Å²) >= 11 is 0. The third-order valence-electron chi connectivity index (χ3n) is 5.15. The number of carbonyl (C=O) groups excluding carboxylic acids is 2. The molecule has 114 valence electrons. The Labute approximate surface area is 120 Å². The van der Waals surface area contributed by atoms with Crippen LogP contribution in [-0.2, 0) is 14.3 Å². The summed E-state index contributed by atoms with van der Waals surface area (Å²) < 4.78 is 5.96. The van der Waals surface area contributed by atoms with Crippen molar-refractivity contribution in [2.45, 2.75) is 57.6 Å². The molecule has 0 aliphatic heterocycles. The number of nitrogens with one attached hydrogen (secondary N) is 2. The van der Waals surface area contributed by atoms with Crippen LogP contribution in [0.5, 0.6) is 0 Å². The lowest BCUT2D eigenvalue weighted by Gasteiger charge is -2.46. The van der Waals surface area contributed by atoms with Gasteiger partial charge in [-0.05, 0) is 56.8 Å². The molecule has 3 aliphatic carbocycles. The van der Waals surface area contributed by atoms with E-state index in [1.165, 1.54) is 38.5 Å². The zero-order valence-corrected chi connectivity index (χ0v) is 12.5. The van der Waals surface area contributed by atoms with Crippen LogP contribution in [0.15, 0.2) is 0 Å². The maximum absolute atomic E-state index is 11.7. The van der Waals surface area contributed by atoms with Crippen LogP contribution in [0.25, 0.3) is 0 Å². The van der Waals surface area contributed by atoms with E-state index in [4.69, 9.17) is 4.74 Å². The van der Waals surface area contributed by atoms with E-state index in [0.29, 0.717) is 18.4 Å². The second-order valence-electron chi connectivity index (χ2n) is 6.37. The molecule has 0 heterocycles. The summed E-state index contributed by atoms with van der Waals surface area (Å²) in [6.45, 7) is 2.55. The van der Waals surface area contributed by atoms with E-state index >= 15 is 0 Å². The predicted octanol–water partition coefficient (Wildman–Crippen LogP) is 1.22. The summed E-state index contributed by atoms with van der Waals surface area (Å²) in [4.78, 5) is 22.4. The molecule has 0 aromatic carbocycles. The molecule has 2 atom stereocenters. The standard InChI is InChI=1S/C15H26N2O3/c1-11(13(17-10-18)14(19)16-2)20-9-15-6-3-12(4-7-15)5-8-15/h10-13H,3-9H2,1-2H3,(H,16,19)(H,17,18). The first kappa shape index (κ1) is 15.3. The fourth-order valence-corrected chi connectivity index (χ4v) is 3.61. The number of ether oxygens (including phenoxy) is 1. The Hall–Kier alpha value is -1.10. The van der Waals surface area contributed by atoms with Crippen molar-refractivity contribution < 1.29 is 14.3 Å². The van der Waals surface area contributed by atoms with Crippen molar-refractivity contribution in [2.24, 2.45) is 11.3 Å². The first-order valence-corrected chi connectivity index (χ1v) is 7.63. The topological polar surface area (TPSA) is 67.4 Å². The van der Waals surface area contributed by atoms with Gasteiger partial charge in [0.15, 0.2) is 0 Å². The summed E-state index contributed by atoms with van der Waals surface area (Å²) in [6.07, 6.45) is 7.95. The number of hydrogen-bond donors (Lipinski definition) is 2. The van der Waals surface area contributed by atoms with Crippen LogP contribution < -0.4 is 10.6 Å². The van der Waals surface area contributed by atoms with Gasteiger partial charge in [0, 0.05) is 7.05 Å². The maximum Gasteiger partial charge on any atom is 0.245 e. The Morgan fingerprint density at radius 2 is 1.95 bits per heavy atom. The molecule has 2 N–H and O–H groups in total. The highest BCUT2D eigenvalue weighted by Gasteiger charge is 2.41.